The second kappa shape index (κ2) is 14.8. The smallest absolute Gasteiger partial charge is 0.396 e. The van der Waals surface area contributed by atoms with Gasteiger partial charge in [-0.05, 0) is 49.3 Å². The van der Waals surface area contributed by atoms with E-state index in [0.29, 0.717) is 11.1 Å². The number of hydrogen-bond acceptors (Lipinski definition) is 5. The molecule has 0 aromatic heterocycles. The molecular weight excluding hydrogens is 596 g/mol. The molecule has 0 fully saturated rings. The lowest BCUT2D eigenvalue weighted by atomic mass is 9.85. The Morgan fingerprint density at radius 1 is 0.767 bits per heavy atom. The fourth-order valence-electron chi connectivity index (χ4n) is 4.27. The van der Waals surface area contributed by atoms with Gasteiger partial charge in [0.05, 0.1) is 0 Å². The zero-order chi connectivity index (χ0) is 32.5. The highest BCUT2D eigenvalue weighted by Crippen LogP contribution is 2.42. The quantitative estimate of drug-likeness (QED) is 0.166. The molecule has 234 valence electrons. The number of hydrogen-bond donors (Lipinski definition) is 5. The fraction of sp³-hybridized carbons (Fsp3) is 0.333. The van der Waals surface area contributed by atoms with Crippen LogP contribution < -0.4 is 16.4 Å². The van der Waals surface area contributed by atoms with Gasteiger partial charge in [-0.2, -0.15) is 26.3 Å². The lowest BCUT2D eigenvalue weighted by Gasteiger charge is -2.37. The van der Waals surface area contributed by atoms with Crippen LogP contribution in [0.3, 0.4) is 0 Å². The molecule has 0 aliphatic heterocycles. The molecule has 0 radical (unpaired) electrons. The van der Waals surface area contributed by atoms with Crippen LogP contribution in [0.2, 0.25) is 0 Å². The molecule has 0 spiro atoms. The van der Waals surface area contributed by atoms with Crippen LogP contribution in [0.1, 0.15) is 45.5 Å². The van der Waals surface area contributed by atoms with Crippen LogP contribution in [0.5, 0.6) is 0 Å². The zero-order valence-corrected chi connectivity index (χ0v) is 24.2. The topological polar surface area (TPSA) is 108 Å². The van der Waals surface area contributed by atoms with Gasteiger partial charge >= 0.3 is 12.4 Å². The van der Waals surface area contributed by atoms with E-state index < -0.39 is 60.5 Å². The summed E-state index contributed by atoms with van der Waals surface area (Å²) in [6.07, 6.45) is -10.6. The number of rotatable bonds is 8. The Hall–Kier alpha value is -3.52. The van der Waals surface area contributed by atoms with Crippen LogP contribution in [-0.2, 0) is 11.1 Å². The minimum Gasteiger partial charge on any atom is -0.396 e. The lowest BCUT2D eigenvalue weighted by molar-refractivity contribution is -0.200. The van der Waals surface area contributed by atoms with Gasteiger partial charge in [-0.25, -0.2) is 0 Å². The minimum atomic E-state index is -4.77. The number of alkyl halides is 6. The summed E-state index contributed by atoms with van der Waals surface area (Å²) < 4.78 is 80.8. The molecule has 0 bridgehead atoms. The predicted octanol–water partition coefficient (Wildman–Crippen LogP) is 5.53. The van der Waals surface area contributed by atoms with Gasteiger partial charge in [0.2, 0.25) is 0 Å². The molecule has 6 N–H and O–H groups in total. The summed E-state index contributed by atoms with van der Waals surface area (Å²) in [6, 6.07) is 19.8. The summed E-state index contributed by atoms with van der Waals surface area (Å²) in [4.78, 5) is 12.2. The molecule has 0 aliphatic carbocycles. The largest absolute Gasteiger partial charge is 0.415 e. The zero-order valence-electron chi connectivity index (χ0n) is 23.4. The third-order valence-corrected chi connectivity index (χ3v) is 6.82. The monoisotopic (exact) mass is 629 g/mol. The van der Waals surface area contributed by atoms with Crippen molar-refractivity contribution in [3.63, 3.8) is 0 Å². The number of aryl methyl sites for hydroxylation is 2. The van der Waals surface area contributed by atoms with Crippen LogP contribution >= 0.6 is 12.2 Å². The molecule has 43 heavy (non-hydrogen) atoms. The highest BCUT2D eigenvalue weighted by atomic mass is 32.1. The van der Waals surface area contributed by atoms with Crippen LogP contribution in [0.25, 0.3) is 0 Å². The van der Waals surface area contributed by atoms with Crippen molar-refractivity contribution < 1.29 is 41.4 Å². The molecule has 2 unspecified atom stereocenters. The standard InChI is InChI=1S/C19H19F3N2O2S.C11H14F3NO/c1-13-6-5-9-15(12-13)18(10-11-25,19(20,21)22)24-17(27)23-16(26)14-7-3-2-4-8-14;1-8-3-2-4-9(7-8)10(15,5-6-16)11(12,13)14/h2-9,12,25H,10-11H2,1H3,(H2,23,24,26,27);2-4,7,16H,5-6,15H2,1H3. The summed E-state index contributed by atoms with van der Waals surface area (Å²) in [5, 5.41) is 22.0. The second-order valence-electron chi connectivity index (χ2n) is 9.83. The summed E-state index contributed by atoms with van der Waals surface area (Å²) in [7, 11) is 0. The third-order valence-electron chi connectivity index (χ3n) is 6.62. The van der Waals surface area contributed by atoms with Crippen molar-refractivity contribution in [2.24, 2.45) is 5.73 Å². The average Bonchev–Trinajstić information content (AvgIpc) is 2.92. The van der Waals surface area contributed by atoms with E-state index in [9.17, 15) is 36.2 Å². The average molecular weight is 630 g/mol. The highest BCUT2D eigenvalue weighted by Gasteiger charge is 2.56. The summed E-state index contributed by atoms with van der Waals surface area (Å²) in [6.45, 7) is 2.03. The number of thiocarbonyl (C=S) groups is 1. The molecule has 13 heteroatoms. The second-order valence-corrected chi connectivity index (χ2v) is 10.2. The van der Waals surface area contributed by atoms with Crippen LogP contribution in [-0.4, -0.2) is 46.8 Å². The van der Waals surface area contributed by atoms with Gasteiger partial charge in [0.25, 0.3) is 5.91 Å². The number of carbonyl (C=O) groups excluding carboxylic acids is 1. The maximum atomic E-state index is 14.1. The van der Waals surface area contributed by atoms with Crippen molar-refractivity contribution in [1.82, 2.24) is 10.6 Å². The first-order chi connectivity index (χ1) is 20.0. The summed E-state index contributed by atoms with van der Waals surface area (Å²) in [5.41, 5.74) is 1.76. The van der Waals surface area contributed by atoms with Crippen LogP contribution in [0, 0.1) is 13.8 Å². The number of halogens is 6. The molecule has 1 amide bonds. The number of nitrogens with one attached hydrogen (secondary N) is 2. The molecule has 0 heterocycles. The first kappa shape index (κ1) is 35.7. The number of amides is 1. The number of carbonyl (C=O) groups is 1. The Balaban J connectivity index is 0.000000344. The van der Waals surface area contributed by atoms with E-state index in [-0.39, 0.29) is 16.7 Å². The SMILES string of the molecule is Cc1cccc(C(CCO)(NC(=S)NC(=O)c2ccccc2)C(F)(F)F)c1.Cc1cccc(C(N)(CCO)C(F)(F)F)c1. The van der Waals surface area contributed by atoms with Crippen LogP contribution in [0.15, 0.2) is 78.9 Å². The van der Waals surface area contributed by atoms with Crippen molar-refractivity contribution in [1.29, 1.82) is 0 Å². The van der Waals surface area contributed by atoms with E-state index in [0.717, 1.165) is 0 Å². The maximum absolute atomic E-state index is 14.1. The molecule has 3 aromatic rings. The highest BCUT2D eigenvalue weighted by molar-refractivity contribution is 7.80. The van der Waals surface area contributed by atoms with Gasteiger partial charge in [-0.15, -0.1) is 0 Å². The normalized spacial score (nSPS) is 14.4. The predicted molar refractivity (Wildman–Crippen MR) is 155 cm³/mol. The maximum Gasteiger partial charge on any atom is 0.415 e. The number of nitrogens with two attached hydrogens (primary N) is 1. The van der Waals surface area contributed by atoms with Gasteiger partial charge in [-0.1, -0.05) is 77.9 Å². The van der Waals surface area contributed by atoms with Gasteiger partial charge in [0.15, 0.2) is 10.7 Å². The first-order valence-electron chi connectivity index (χ1n) is 13.0. The van der Waals surface area contributed by atoms with Crippen molar-refractivity contribution >= 4 is 23.2 Å². The fourth-order valence-corrected chi connectivity index (χ4v) is 4.54. The van der Waals surface area contributed by atoms with Crippen molar-refractivity contribution in [3.05, 3.63) is 107 Å². The van der Waals surface area contributed by atoms with E-state index in [1.165, 1.54) is 48.5 Å². The van der Waals surface area contributed by atoms with Crippen molar-refractivity contribution in [3.8, 4) is 0 Å². The molecule has 3 rings (SSSR count). The Morgan fingerprint density at radius 2 is 1.28 bits per heavy atom. The third kappa shape index (κ3) is 8.99. The molecule has 0 saturated carbocycles. The molecular formula is C30H33F6N3O3S. The van der Waals surface area contributed by atoms with E-state index in [2.05, 4.69) is 10.6 Å². The molecule has 2 atom stereocenters. The number of aliphatic hydroxyl groups is 2. The number of benzene rings is 3. The minimum absolute atomic E-state index is 0.0194. The van der Waals surface area contributed by atoms with E-state index in [1.807, 2.05) is 0 Å². The van der Waals surface area contributed by atoms with Gasteiger partial charge in [0.1, 0.15) is 5.54 Å². The van der Waals surface area contributed by atoms with E-state index in [1.54, 1.807) is 44.2 Å². The summed E-state index contributed by atoms with van der Waals surface area (Å²) in [5.74, 6) is -0.627. The molecule has 6 nitrogen and oxygen atoms in total. The van der Waals surface area contributed by atoms with Gasteiger partial charge in [0, 0.05) is 31.6 Å². The lowest BCUT2D eigenvalue weighted by Crippen LogP contribution is -2.59. The van der Waals surface area contributed by atoms with Gasteiger partial charge < -0.3 is 21.3 Å². The Morgan fingerprint density at radius 3 is 1.74 bits per heavy atom. The summed E-state index contributed by atoms with van der Waals surface area (Å²) >= 11 is 4.97. The molecule has 0 saturated heterocycles. The Labute approximate surface area is 250 Å². The number of aliphatic hydroxyl groups excluding tert-OH is 2. The Kier molecular flexibility index (Phi) is 12.3. The molecule has 0 aliphatic rings. The van der Waals surface area contributed by atoms with Crippen LogP contribution in [0.4, 0.5) is 26.3 Å². The van der Waals surface area contributed by atoms with E-state index in [4.69, 9.17) is 23.1 Å². The molecule has 3 aromatic carbocycles. The first-order valence-corrected chi connectivity index (χ1v) is 13.4. The van der Waals surface area contributed by atoms with Crippen molar-refractivity contribution in [2.75, 3.05) is 13.2 Å². The Bertz CT molecular complexity index is 1370. The van der Waals surface area contributed by atoms with E-state index >= 15 is 0 Å². The van der Waals surface area contributed by atoms with Gasteiger partial charge in [-0.3, -0.25) is 10.1 Å². The van der Waals surface area contributed by atoms with Crippen molar-refractivity contribution in [2.45, 2.75) is 50.1 Å².